The highest BCUT2D eigenvalue weighted by molar-refractivity contribution is 5.75. The molecule has 0 saturated heterocycles. The molecule has 108 valence electrons. The summed E-state index contributed by atoms with van der Waals surface area (Å²) in [7, 11) is 1.83. The Morgan fingerprint density at radius 1 is 1.63 bits per heavy atom. The first-order valence-electron chi connectivity index (χ1n) is 6.58. The maximum absolute atomic E-state index is 11.9. The Morgan fingerprint density at radius 2 is 2.32 bits per heavy atom. The molecule has 0 aliphatic rings. The molecule has 19 heavy (non-hydrogen) atoms. The van der Waals surface area contributed by atoms with Gasteiger partial charge in [-0.2, -0.15) is 5.10 Å². The van der Waals surface area contributed by atoms with E-state index >= 15 is 0 Å². The predicted molar refractivity (Wildman–Crippen MR) is 73.7 cm³/mol. The van der Waals surface area contributed by atoms with Crippen LogP contribution in [0.3, 0.4) is 0 Å². The van der Waals surface area contributed by atoms with E-state index in [2.05, 4.69) is 15.7 Å². The number of urea groups is 1. The van der Waals surface area contributed by atoms with E-state index < -0.39 is 5.54 Å². The first-order valence-corrected chi connectivity index (χ1v) is 6.58. The Bertz CT molecular complexity index is 419. The highest BCUT2D eigenvalue weighted by Gasteiger charge is 2.25. The highest BCUT2D eigenvalue weighted by Crippen LogP contribution is 2.13. The molecule has 0 aromatic carbocycles. The second-order valence-corrected chi connectivity index (χ2v) is 5.24. The van der Waals surface area contributed by atoms with Gasteiger partial charge >= 0.3 is 6.03 Å². The molecule has 0 spiro atoms. The van der Waals surface area contributed by atoms with Crippen molar-refractivity contribution >= 4 is 6.03 Å². The zero-order chi connectivity index (χ0) is 14.5. The topological polar surface area (TPSA) is 79.2 Å². The average molecular weight is 268 g/mol. The zero-order valence-electron chi connectivity index (χ0n) is 12.1. The van der Waals surface area contributed by atoms with Crippen LogP contribution in [-0.2, 0) is 7.05 Å². The lowest BCUT2D eigenvalue weighted by Crippen LogP contribution is -2.52. The van der Waals surface area contributed by atoms with Crippen LogP contribution in [0.1, 0.15) is 45.2 Å². The molecule has 1 heterocycles. The maximum Gasteiger partial charge on any atom is 0.315 e. The van der Waals surface area contributed by atoms with E-state index in [1.807, 2.05) is 34.0 Å². The van der Waals surface area contributed by atoms with Crippen molar-refractivity contribution in [3.8, 4) is 0 Å². The summed E-state index contributed by atoms with van der Waals surface area (Å²) in [4.78, 5) is 11.9. The number of hydrogen-bond acceptors (Lipinski definition) is 3. The summed E-state index contributed by atoms with van der Waals surface area (Å²) >= 11 is 0. The van der Waals surface area contributed by atoms with Crippen molar-refractivity contribution in [2.75, 3.05) is 6.61 Å². The fourth-order valence-corrected chi connectivity index (χ4v) is 1.99. The Balaban J connectivity index is 2.55. The lowest BCUT2D eigenvalue weighted by molar-refractivity contribution is 0.162. The molecule has 6 nitrogen and oxygen atoms in total. The number of hydrogen-bond donors (Lipinski definition) is 3. The molecule has 2 amide bonds. The largest absolute Gasteiger partial charge is 0.394 e. The molecule has 6 heteroatoms. The van der Waals surface area contributed by atoms with Crippen molar-refractivity contribution in [3.05, 3.63) is 18.0 Å². The third-order valence-corrected chi connectivity index (χ3v) is 3.14. The summed E-state index contributed by atoms with van der Waals surface area (Å²) in [5.74, 6) is 0. The van der Waals surface area contributed by atoms with Gasteiger partial charge in [-0.25, -0.2) is 4.79 Å². The molecule has 3 N–H and O–H groups in total. The summed E-state index contributed by atoms with van der Waals surface area (Å²) in [6.45, 7) is 5.68. The summed E-state index contributed by atoms with van der Waals surface area (Å²) in [6.07, 6.45) is 5.22. The number of nitrogens with one attached hydrogen (secondary N) is 2. The number of aliphatic hydroxyl groups excluding tert-OH is 1. The van der Waals surface area contributed by atoms with E-state index in [1.165, 1.54) is 0 Å². The van der Waals surface area contributed by atoms with Crippen LogP contribution in [0, 0.1) is 0 Å². The van der Waals surface area contributed by atoms with Gasteiger partial charge in [-0.1, -0.05) is 13.3 Å². The molecule has 0 aliphatic carbocycles. The Labute approximate surface area is 114 Å². The van der Waals surface area contributed by atoms with Crippen LogP contribution < -0.4 is 10.6 Å². The van der Waals surface area contributed by atoms with Gasteiger partial charge in [0.05, 0.1) is 24.4 Å². The summed E-state index contributed by atoms with van der Waals surface area (Å²) in [5.41, 5.74) is 0.367. The smallest absolute Gasteiger partial charge is 0.315 e. The molecular formula is C13H24N4O2. The fraction of sp³-hybridized carbons (Fsp3) is 0.692. The second kappa shape index (κ2) is 6.56. The SMILES string of the molecule is CCCC(C)(CO)NC(=O)NC(C)c1cnn(C)c1. The van der Waals surface area contributed by atoms with E-state index in [0.29, 0.717) is 0 Å². The minimum absolute atomic E-state index is 0.0739. The van der Waals surface area contributed by atoms with Crippen molar-refractivity contribution in [1.29, 1.82) is 0 Å². The number of rotatable bonds is 6. The number of aliphatic hydroxyl groups is 1. The Kier molecular flexibility index (Phi) is 5.35. The molecule has 0 bridgehead atoms. The van der Waals surface area contributed by atoms with Gasteiger partial charge in [-0.15, -0.1) is 0 Å². The third-order valence-electron chi connectivity index (χ3n) is 3.14. The third kappa shape index (κ3) is 4.55. The number of nitrogens with zero attached hydrogens (tertiary/aromatic N) is 2. The van der Waals surface area contributed by atoms with Crippen molar-refractivity contribution in [3.63, 3.8) is 0 Å². The Morgan fingerprint density at radius 3 is 2.79 bits per heavy atom. The van der Waals surface area contributed by atoms with Gasteiger partial charge in [0.25, 0.3) is 0 Å². The molecule has 1 rings (SSSR count). The Hall–Kier alpha value is -1.56. The van der Waals surface area contributed by atoms with Gasteiger partial charge in [-0.05, 0) is 20.3 Å². The van der Waals surface area contributed by atoms with E-state index in [0.717, 1.165) is 18.4 Å². The van der Waals surface area contributed by atoms with Crippen molar-refractivity contribution in [1.82, 2.24) is 20.4 Å². The summed E-state index contributed by atoms with van der Waals surface area (Å²) in [6, 6.07) is -0.403. The fourth-order valence-electron chi connectivity index (χ4n) is 1.99. The molecule has 1 aromatic rings. The van der Waals surface area contributed by atoms with Gasteiger partial charge < -0.3 is 15.7 Å². The summed E-state index contributed by atoms with van der Waals surface area (Å²) in [5, 5.41) is 19.1. The molecule has 1 aromatic heterocycles. The lowest BCUT2D eigenvalue weighted by Gasteiger charge is -2.29. The normalized spacial score (nSPS) is 15.6. The molecule has 2 atom stereocenters. The minimum atomic E-state index is -0.576. The van der Waals surface area contributed by atoms with Crippen molar-refractivity contribution in [2.24, 2.45) is 7.05 Å². The summed E-state index contributed by atoms with van der Waals surface area (Å²) < 4.78 is 1.69. The van der Waals surface area contributed by atoms with Gasteiger partial charge in [0.15, 0.2) is 0 Å². The van der Waals surface area contributed by atoms with E-state index in [-0.39, 0.29) is 18.7 Å². The first-order chi connectivity index (χ1) is 8.90. The molecule has 0 radical (unpaired) electrons. The number of aromatic nitrogens is 2. The quantitative estimate of drug-likeness (QED) is 0.728. The van der Waals surface area contributed by atoms with E-state index in [4.69, 9.17) is 0 Å². The van der Waals surface area contributed by atoms with E-state index in [1.54, 1.807) is 10.9 Å². The number of amides is 2. The van der Waals surface area contributed by atoms with Crippen molar-refractivity contribution < 1.29 is 9.90 Å². The number of carbonyl (C=O) groups excluding carboxylic acids is 1. The lowest BCUT2D eigenvalue weighted by atomic mass is 9.97. The highest BCUT2D eigenvalue weighted by atomic mass is 16.3. The van der Waals surface area contributed by atoms with Crippen LogP contribution >= 0.6 is 0 Å². The van der Waals surface area contributed by atoms with Crippen molar-refractivity contribution in [2.45, 2.75) is 45.2 Å². The second-order valence-electron chi connectivity index (χ2n) is 5.24. The van der Waals surface area contributed by atoms with Crippen LogP contribution in [0.5, 0.6) is 0 Å². The molecule has 0 saturated carbocycles. The molecule has 0 fully saturated rings. The van der Waals surface area contributed by atoms with Crippen LogP contribution in [0.25, 0.3) is 0 Å². The number of carbonyl (C=O) groups is 1. The van der Waals surface area contributed by atoms with Gasteiger partial charge in [0.1, 0.15) is 0 Å². The maximum atomic E-state index is 11.9. The van der Waals surface area contributed by atoms with Crippen LogP contribution in [0.15, 0.2) is 12.4 Å². The van der Waals surface area contributed by atoms with Crippen LogP contribution in [0.2, 0.25) is 0 Å². The first kappa shape index (κ1) is 15.5. The predicted octanol–water partition coefficient (Wildman–Crippen LogP) is 1.33. The minimum Gasteiger partial charge on any atom is -0.394 e. The molecular weight excluding hydrogens is 244 g/mol. The van der Waals surface area contributed by atoms with Crippen LogP contribution in [0.4, 0.5) is 4.79 Å². The van der Waals surface area contributed by atoms with Gasteiger partial charge in [0, 0.05) is 18.8 Å². The average Bonchev–Trinajstić information content (AvgIpc) is 2.76. The zero-order valence-corrected chi connectivity index (χ0v) is 12.1. The van der Waals surface area contributed by atoms with E-state index in [9.17, 15) is 9.90 Å². The van der Waals surface area contributed by atoms with Crippen LogP contribution in [-0.4, -0.2) is 33.1 Å². The van der Waals surface area contributed by atoms with Gasteiger partial charge in [-0.3, -0.25) is 4.68 Å². The standard InChI is InChI=1S/C13H24N4O2/c1-5-6-13(3,9-18)16-12(19)15-10(2)11-7-14-17(4)8-11/h7-8,10,18H,5-6,9H2,1-4H3,(H2,15,16,19). The van der Waals surface area contributed by atoms with Gasteiger partial charge in [0.2, 0.25) is 0 Å². The molecule has 0 aliphatic heterocycles. The number of aryl methyl sites for hydroxylation is 1. The monoisotopic (exact) mass is 268 g/mol. The molecule has 2 unspecified atom stereocenters.